The van der Waals surface area contributed by atoms with Crippen molar-refractivity contribution < 1.29 is 9.53 Å². The highest BCUT2D eigenvalue weighted by atomic mass is 79.9. The number of nitrogen functional groups attached to an aromatic ring is 1. The van der Waals surface area contributed by atoms with Crippen molar-refractivity contribution in [3.8, 4) is 0 Å². The smallest absolute Gasteiger partial charge is 0.331 e. The van der Waals surface area contributed by atoms with E-state index in [0.717, 1.165) is 15.6 Å². The van der Waals surface area contributed by atoms with E-state index in [2.05, 4.69) is 15.9 Å². The quantitative estimate of drug-likeness (QED) is 0.526. The Kier molecular flexibility index (Phi) is 4.96. The molecule has 0 bridgehead atoms. The average Bonchev–Trinajstić information content (AvgIpc) is 2.45. The third-order valence-corrected chi connectivity index (χ3v) is 3.15. The third kappa shape index (κ3) is 4.55. The molecule has 0 saturated heterocycles. The second-order valence-corrected chi connectivity index (χ2v) is 5.15. The Bertz CT molecular complexity index is 621. The molecule has 0 aliphatic rings. The summed E-state index contributed by atoms with van der Waals surface area (Å²) >= 11 is 3.35. The van der Waals surface area contributed by atoms with Crippen molar-refractivity contribution in [3.05, 3.63) is 70.2 Å². The third-order valence-electron chi connectivity index (χ3n) is 2.62. The number of carbonyl (C=O) groups excluding carboxylic acids is 1. The molecule has 0 amide bonds. The molecule has 0 aliphatic heterocycles. The molecule has 0 unspecified atom stereocenters. The number of nitrogens with two attached hydrogens (primary N) is 1. The Morgan fingerprint density at radius 2 is 1.95 bits per heavy atom. The minimum Gasteiger partial charge on any atom is -0.458 e. The topological polar surface area (TPSA) is 52.3 Å². The molecular formula is C16H14BrNO2. The fourth-order valence-electron chi connectivity index (χ4n) is 1.61. The SMILES string of the molecule is Nc1cccc(/C=C/C(=O)OCc2ccc(Br)cc2)c1. The van der Waals surface area contributed by atoms with E-state index < -0.39 is 0 Å². The lowest BCUT2D eigenvalue weighted by Gasteiger charge is -2.02. The van der Waals surface area contributed by atoms with Gasteiger partial charge in [-0.05, 0) is 41.5 Å². The number of esters is 1. The molecule has 0 atom stereocenters. The average molecular weight is 332 g/mol. The van der Waals surface area contributed by atoms with Crippen LogP contribution in [0.3, 0.4) is 0 Å². The van der Waals surface area contributed by atoms with E-state index in [4.69, 9.17) is 10.5 Å². The summed E-state index contributed by atoms with van der Waals surface area (Å²) in [5, 5.41) is 0. The Labute approximate surface area is 126 Å². The highest BCUT2D eigenvalue weighted by Gasteiger charge is 1.99. The summed E-state index contributed by atoms with van der Waals surface area (Å²) in [7, 11) is 0. The van der Waals surface area contributed by atoms with Crippen LogP contribution in [-0.4, -0.2) is 5.97 Å². The van der Waals surface area contributed by atoms with Crippen molar-refractivity contribution in [2.75, 3.05) is 5.73 Å². The maximum absolute atomic E-state index is 11.6. The zero-order valence-electron chi connectivity index (χ0n) is 10.8. The Morgan fingerprint density at radius 3 is 2.65 bits per heavy atom. The molecule has 0 radical (unpaired) electrons. The number of hydrogen-bond donors (Lipinski definition) is 1. The van der Waals surface area contributed by atoms with Crippen LogP contribution >= 0.6 is 15.9 Å². The number of ether oxygens (including phenoxy) is 1. The highest BCUT2D eigenvalue weighted by Crippen LogP contribution is 2.12. The van der Waals surface area contributed by atoms with Crippen molar-refractivity contribution in [2.45, 2.75) is 6.61 Å². The summed E-state index contributed by atoms with van der Waals surface area (Å²) in [5.41, 5.74) is 8.13. The molecule has 20 heavy (non-hydrogen) atoms. The van der Waals surface area contributed by atoms with Crippen LogP contribution in [-0.2, 0) is 16.1 Å². The number of rotatable bonds is 4. The summed E-state index contributed by atoms with van der Waals surface area (Å²) in [6.45, 7) is 0.257. The molecule has 0 heterocycles. The van der Waals surface area contributed by atoms with Gasteiger partial charge in [0.25, 0.3) is 0 Å². The standard InChI is InChI=1S/C16H14BrNO2/c17-14-7-4-13(5-8-14)11-20-16(19)9-6-12-2-1-3-15(18)10-12/h1-10H,11,18H2/b9-6+. The van der Waals surface area contributed by atoms with E-state index in [-0.39, 0.29) is 12.6 Å². The largest absolute Gasteiger partial charge is 0.458 e. The van der Waals surface area contributed by atoms with Gasteiger partial charge in [-0.1, -0.05) is 40.2 Å². The van der Waals surface area contributed by atoms with Crippen molar-refractivity contribution >= 4 is 33.7 Å². The first kappa shape index (κ1) is 14.3. The molecule has 102 valence electrons. The lowest BCUT2D eigenvalue weighted by atomic mass is 10.2. The Morgan fingerprint density at radius 1 is 1.20 bits per heavy atom. The number of benzene rings is 2. The number of hydrogen-bond acceptors (Lipinski definition) is 3. The van der Waals surface area contributed by atoms with Gasteiger partial charge in [-0.15, -0.1) is 0 Å². The van der Waals surface area contributed by atoms with E-state index in [0.29, 0.717) is 5.69 Å². The molecule has 2 aromatic carbocycles. The Balaban J connectivity index is 1.88. The van der Waals surface area contributed by atoms with Crippen LogP contribution in [0.4, 0.5) is 5.69 Å². The highest BCUT2D eigenvalue weighted by molar-refractivity contribution is 9.10. The van der Waals surface area contributed by atoms with Crippen molar-refractivity contribution in [1.82, 2.24) is 0 Å². The molecule has 3 nitrogen and oxygen atoms in total. The fourth-order valence-corrected chi connectivity index (χ4v) is 1.87. The van der Waals surface area contributed by atoms with Gasteiger partial charge in [0.2, 0.25) is 0 Å². The van der Waals surface area contributed by atoms with Gasteiger partial charge < -0.3 is 10.5 Å². The monoisotopic (exact) mass is 331 g/mol. The van der Waals surface area contributed by atoms with Gasteiger partial charge in [0.05, 0.1) is 0 Å². The minimum atomic E-state index is -0.379. The molecule has 2 aromatic rings. The summed E-state index contributed by atoms with van der Waals surface area (Å²) in [6, 6.07) is 14.9. The molecule has 0 aliphatic carbocycles. The van der Waals surface area contributed by atoms with Gasteiger partial charge in [-0.3, -0.25) is 0 Å². The lowest BCUT2D eigenvalue weighted by Crippen LogP contribution is -2.00. The lowest BCUT2D eigenvalue weighted by molar-refractivity contribution is -0.138. The summed E-state index contributed by atoms with van der Waals surface area (Å²) in [5.74, 6) is -0.379. The van der Waals surface area contributed by atoms with Crippen LogP contribution in [0.25, 0.3) is 6.08 Å². The van der Waals surface area contributed by atoms with Crippen molar-refractivity contribution in [3.63, 3.8) is 0 Å². The maximum Gasteiger partial charge on any atom is 0.331 e. The van der Waals surface area contributed by atoms with Gasteiger partial charge in [0, 0.05) is 16.2 Å². The number of anilines is 1. The molecule has 0 saturated carbocycles. The minimum absolute atomic E-state index is 0.257. The van der Waals surface area contributed by atoms with E-state index in [1.807, 2.05) is 36.4 Å². The first-order valence-corrected chi connectivity index (χ1v) is 6.87. The molecule has 0 fully saturated rings. The first-order chi connectivity index (χ1) is 9.63. The molecule has 0 aromatic heterocycles. The van der Waals surface area contributed by atoms with E-state index in [1.165, 1.54) is 6.08 Å². The molecule has 0 spiro atoms. The normalized spacial score (nSPS) is 10.7. The van der Waals surface area contributed by atoms with E-state index >= 15 is 0 Å². The number of carbonyl (C=O) groups is 1. The van der Waals surface area contributed by atoms with Crippen LogP contribution < -0.4 is 5.73 Å². The Hall–Kier alpha value is -2.07. The van der Waals surface area contributed by atoms with Crippen LogP contribution in [0.15, 0.2) is 59.1 Å². The zero-order chi connectivity index (χ0) is 14.4. The van der Waals surface area contributed by atoms with Gasteiger partial charge in [0.1, 0.15) is 6.61 Å². The van der Waals surface area contributed by atoms with Crippen molar-refractivity contribution in [2.24, 2.45) is 0 Å². The predicted octanol–water partition coefficient (Wildman–Crippen LogP) is 3.79. The van der Waals surface area contributed by atoms with Crippen LogP contribution in [0.2, 0.25) is 0 Å². The van der Waals surface area contributed by atoms with Gasteiger partial charge in [-0.25, -0.2) is 4.79 Å². The van der Waals surface area contributed by atoms with Crippen LogP contribution in [0, 0.1) is 0 Å². The number of halogens is 1. The van der Waals surface area contributed by atoms with E-state index in [1.54, 1.807) is 18.2 Å². The van der Waals surface area contributed by atoms with Crippen molar-refractivity contribution in [1.29, 1.82) is 0 Å². The van der Waals surface area contributed by atoms with Gasteiger partial charge >= 0.3 is 5.97 Å². The fraction of sp³-hybridized carbons (Fsp3) is 0.0625. The first-order valence-electron chi connectivity index (χ1n) is 6.08. The van der Waals surface area contributed by atoms with Gasteiger partial charge in [-0.2, -0.15) is 0 Å². The molecule has 2 rings (SSSR count). The summed E-state index contributed by atoms with van der Waals surface area (Å²) in [6.07, 6.45) is 3.08. The van der Waals surface area contributed by atoms with Crippen LogP contribution in [0.5, 0.6) is 0 Å². The summed E-state index contributed by atoms with van der Waals surface area (Å²) in [4.78, 5) is 11.6. The zero-order valence-corrected chi connectivity index (χ0v) is 12.3. The van der Waals surface area contributed by atoms with Gasteiger partial charge in [0.15, 0.2) is 0 Å². The molecule has 2 N–H and O–H groups in total. The second kappa shape index (κ2) is 6.91. The van der Waals surface area contributed by atoms with E-state index in [9.17, 15) is 4.79 Å². The van der Waals surface area contributed by atoms with Crippen LogP contribution in [0.1, 0.15) is 11.1 Å². The molecule has 4 heteroatoms. The maximum atomic E-state index is 11.6. The summed E-state index contributed by atoms with van der Waals surface area (Å²) < 4.78 is 6.14. The predicted molar refractivity (Wildman–Crippen MR) is 83.8 cm³/mol. The molecular weight excluding hydrogens is 318 g/mol. The second-order valence-electron chi connectivity index (χ2n) is 4.24.